The van der Waals surface area contributed by atoms with Gasteiger partial charge in [0.15, 0.2) is 0 Å². The van der Waals surface area contributed by atoms with Gasteiger partial charge in [0.1, 0.15) is 0 Å². The average molecular weight is 246 g/mol. The molecule has 6 nitrogen and oxygen atoms in total. The molecule has 100 valence electrons. The van der Waals surface area contributed by atoms with E-state index in [-0.39, 0.29) is 24.7 Å². The van der Waals surface area contributed by atoms with E-state index >= 15 is 0 Å². The summed E-state index contributed by atoms with van der Waals surface area (Å²) in [7, 11) is 0. The third-order valence-corrected chi connectivity index (χ3v) is 2.75. The van der Waals surface area contributed by atoms with Crippen molar-refractivity contribution in [1.82, 2.24) is 4.90 Å². The minimum absolute atomic E-state index is 0.0382. The van der Waals surface area contributed by atoms with Crippen LogP contribution in [0.1, 0.15) is 13.3 Å². The molecule has 1 aliphatic rings. The van der Waals surface area contributed by atoms with Crippen LogP contribution >= 0.6 is 0 Å². The van der Waals surface area contributed by atoms with Crippen LogP contribution in [0.5, 0.6) is 0 Å². The van der Waals surface area contributed by atoms with Crippen molar-refractivity contribution in [2.75, 3.05) is 39.5 Å². The normalized spacial score (nSPS) is 25.0. The molecule has 0 radical (unpaired) electrons. The molecule has 2 unspecified atom stereocenters. The highest BCUT2D eigenvalue weighted by Crippen LogP contribution is 2.12. The Balaban J connectivity index is 2.32. The lowest BCUT2D eigenvalue weighted by molar-refractivity contribution is -0.147. The molecule has 6 heteroatoms. The number of aliphatic hydroxyl groups is 1. The molecule has 0 spiro atoms. The van der Waals surface area contributed by atoms with E-state index in [0.717, 1.165) is 0 Å². The summed E-state index contributed by atoms with van der Waals surface area (Å²) in [5.41, 5.74) is 5.28. The lowest BCUT2D eigenvalue weighted by Crippen LogP contribution is -2.52. The molecule has 1 amide bonds. The van der Waals surface area contributed by atoms with Crippen LogP contribution in [0.4, 0.5) is 0 Å². The Hall–Kier alpha value is -0.690. The van der Waals surface area contributed by atoms with Gasteiger partial charge in [-0.2, -0.15) is 0 Å². The third kappa shape index (κ3) is 4.59. The van der Waals surface area contributed by atoms with Gasteiger partial charge < -0.3 is 25.2 Å². The fourth-order valence-corrected chi connectivity index (χ4v) is 1.76. The fraction of sp³-hybridized carbons (Fsp3) is 0.909. The van der Waals surface area contributed by atoms with Crippen LogP contribution in [-0.4, -0.2) is 67.6 Å². The summed E-state index contributed by atoms with van der Waals surface area (Å²) in [6.45, 7) is 4.14. The summed E-state index contributed by atoms with van der Waals surface area (Å²) in [5, 5.41) is 9.02. The number of nitrogens with zero attached hydrogens (tertiary/aromatic N) is 1. The van der Waals surface area contributed by atoms with Crippen molar-refractivity contribution in [1.29, 1.82) is 0 Å². The molecular formula is C11H22N2O4. The summed E-state index contributed by atoms with van der Waals surface area (Å²) in [5.74, 6) is 0.0382. The fourth-order valence-electron chi connectivity index (χ4n) is 1.76. The highest BCUT2D eigenvalue weighted by atomic mass is 16.5. The van der Waals surface area contributed by atoms with Crippen LogP contribution in [0, 0.1) is 0 Å². The second-order valence-electron chi connectivity index (χ2n) is 4.18. The maximum absolute atomic E-state index is 11.9. The Morgan fingerprint density at radius 3 is 3.00 bits per heavy atom. The van der Waals surface area contributed by atoms with Crippen LogP contribution in [0.25, 0.3) is 0 Å². The van der Waals surface area contributed by atoms with Gasteiger partial charge in [0.05, 0.1) is 45.0 Å². The minimum Gasteiger partial charge on any atom is -0.394 e. The number of nitrogens with two attached hydrogens (primary N) is 1. The predicted molar refractivity (Wildman–Crippen MR) is 62.5 cm³/mol. The number of carbonyl (C=O) groups excluding carboxylic acids is 1. The summed E-state index contributed by atoms with van der Waals surface area (Å²) in [6.07, 6.45) is 0.0859. The molecule has 0 aromatic carbocycles. The van der Waals surface area contributed by atoms with E-state index in [1.54, 1.807) is 4.90 Å². The van der Waals surface area contributed by atoms with Crippen LogP contribution in [-0.2, 0) is 14.3 Å². The topological polar surface area (TPSA) is 85.0 Å². The molecule has 1 fully saturated rings. The van der Waals surface area contributed by atoms with Crippen molar-refractivity contribution >= 4 is 5.91 Å². The standard InChI is InChI=1S/C11H22N2O4/c1-9-8-17-10(7-14)6-13(9)11(15)2-4-16-5-3-12/h9-10,14H,2-8,12H2,1H3. The molecule has 0 aromatic rings. The van der Waals surface area contributed by atoms with Gasteiger partial charge in [-0.25, -0.2) is 0 Å². The molecule has 17 heavy (non-hydrogen) atoms. The zero-order valence-electron chi connectivity index (χ0n) is 10.3. The van der Waals surface area contributed by atoms with Crippen LogP contribution < -0.4 is 5.73 Å². The Kier molecular flexibility index (Phi) is 6.43. The number of ether oxygens (including phenoxy) is 2. The molecule has 1 aliphatic heterocycles. The van der Waals surface area contributed by atoms with Gasteiger partial charge in [0.25, 0.3) is 0 Å². The summed E-state index contributed by atoms with van der Waals surface area (Å²) >= 11 is 0. The van der Waals surface area contributed by atoms with Gasteiger partial charge in [0.2, 0.25) is 5.91 Å². The number of aliphatic hydroxyl groups excluding tert-OH is 1. The van der Waals surface area contributed by atoms with Gasteiger partial charge in [-0.05, 0) is 6.92 Å². The maximum Gasteiger partial charge on any atom is 0.225 e. The molecular weight excluding hydrogens is 224 g/mol. The van der Waals surface area contributed by atoms with Crippen molar-refractivity contribution in [3.05, 3.63) is 0 Å². The Morgan fingerprint density at radius 2 is 2.35 bits per heavy atom. The second-order valence-corrected chi connectivity index (χ2v) is 4.18. The van der Waals surface area contributed by atoms with Gasteiger partial charge >= 0.3 is 0 Å². The van der Waals surface area contributed by atoms with E-state index in [4.69, 9.17) is 20.3 Å². The molecule has 0 aromatic heterocycles. The molecule has 0 aliphatic carbocycles. The van der Waals surface area contributed by atoms with Crippen molar-refractivity contribution in [3.8, 4) is 0 Å². The van der Waals surface area contributed by atoms with Gasteiger partial charge in [-0.15, -0.1) is 0 Å². The van der Waals surface area contributed by atoms with E-state index in [1.807, 2.05) is 6.92 Å². The first-order valence-corrected chi connectivity index (χ1v) is 5.98. The molecule has 1 heterocycles. The van der Waals surface area contributed by atoms with Crippen LogP contribution in [0.15, 0.2) is 0 Å². The molecule has 0 saturated carbocycles. The van der Waals surface area contributed by atoms with Crippen molar-refractivity contribution in [3.63, 3.8) is 0 Å². The van der Waals surface area contributed by atoms with Crippen LogP contribution in [0.3, 0.4) is 0 Å². The van der Waals surface area contributed by atoms with E-state index in [1.165, 1.54) is 0 Å². The first-order valence-electron chi connectivity index (χ1n) is 5.98. The van der Waals surface area contributed by atoms with E-state index in [2.05, 4.69) is 0 Å². The highest BCUT2D eigenvalue weighted by molar-refractivity contribution is 5.76. The van der Waals surface area contributed by atoms with E-state index in [0.29, 0.717) is 39.3 Å². The SMILES string of the molecule is CC1COC(CO)CN1C(=O)CCOCCN. The Labute approximate surface area is 102 Å². The van der Waals surface area contributed by atoms with E-state index < -0.39 is 0 Å². The number of carbonyl (C=O) groups is 1. The van der Waals surface area contributed by atoms with Gasteiger partial charge in [0, 0.05) is 13.1 Å². The van der Waals surface area contributed by atoms with Gasteiger partial charge in [-0.1, -0.05) is 0 Å². The lowest BCUT2D eigenvalue weighted by Gasteiger charge is -2.37. The monoisotopic (exact) mass is 246 g/mol. The number of hydrogen-bond donors (Lipinski definition) is 2. The van der Waals surface area contributed by atoms with Crippen molar-refractivity contribution < 1.29 is 19.4 Å². The second kappa shape index (κ2) is 7.60. The number of hydrogen-bond acceptors (Lipinski definition) is 5. The number of amides is 1. The van der Waals surface area contributed by atoms with Gasteiger partial charge in [-0.3, -0.25) is 4.79 Å². The smallest absolute Gasteiger partial charge is 0.225 e. The minimum atomic E-state index is -0.264. The summed E-state index contributed by atoms with van der Waals surface area (Å²) in [4.78, 5) is 13.7. The first kappa shape index (κ1) is 14.4. The quantitative estimate of drug-likeness (QED) is 0.585. The lowest BCUT2D eigenvalue weighted by atomic mass is 10.2. The van der Waals surface area contributed by atoms with Crippen molar-refractivity contribution in [2.45, 2.75) is 25.5 Å². The third-order valence-electron chi connectivity index (χ3n) is 2.75. The Bertz CT molecular complexity index is 238. The van der Waals surface area contributed by atoms with E-state index in [9.17, 15) is 4.79 Å². The Morgan fingerprint density at radius 1 is 1.59 bits per heavy atom. The average Bonchev–Trinajstić information content (AvgIpc) is 2.35. The van der Waals surface area contributed by atoms with Crippen LogP contribution in [0.2, 0.25) is 0 Å². The molecule has 1 rings (SSSR count). The molecule has 0 bridgehead atoms. The summed E-state index contributed by atoms with van der Waals surface area (Å²) in [6, 6.07) is 0.0554. The highest BCUT2D eigenvalue weighted by Gasteiger charge is 2.28. The first-order chi connectivity index (χ1) is 8.19. The predicted octanol–water partition coefficient (Wildman–Crippen LogP) is -1.04. The van der Waals surface area contributed by atoms with Crippen molar-refractivity contribution in [2.24, 2.45) is 5.73 Å². The summed E-state index contributed by atoms with van der Waals surface area (Å²) < 4.78 is 10.6. The number of morpholine rings is 1. The largest absolute Gasteiger partial charge is 0.394 e. The zero-order valence-corrected chi connectivity index (χ0v) is 10.3. The molecule has 1 saturated heterocycles. The molecule has 3 N–H and O–H groups in total. The maximum atomic E-state index is 11.9. The molecule has 2 atom stereocenters. The number of rotatable bonds is 6. The zero-order chi connectivity index (χ0) is 12.7.